The highest BCUT2D eigenvalue weighted by molar-refractivity contribution is 6.07. The Kier molecular flexibility index (Phi) is 2.97. The number of nitrogens with zero attached hydrogens (tertiary/aromatic N) is 1. The number of nitro benzene ring substituents is 1. The first-order valence-corrected chi connectivity index (χ1v) is 7.92. The summed E-state index contributed by atoms with van der Waals surface area (Å²) in [6.07, 6.45) is 0.274. The van der Waals surface area contributed by atoms with E-state index in [0.717, 1.165) is 16.7 Å². The third-order valence-electron chi connectivity index (χ3n) is 5.09. The van der Waals surface area contributed by atoms with Gasteiger partial charge in [-0.15, -0.1) is 0 Å². The van der Waals surface area contributed by atoms with Gasteiger partial charge in [0.05, 0.1) is 4.92 Å². The number of ketones is 1. The van der Waals surface area contributed by atoms with Crippen molar-refractivity contribution in [2.75, 3.05) is 0 Å². The van der Waals surface area contributed by atoms with E-state index in [1.165, 1.54) is 12.1 Å². The molecule has 2 aromatic carbocycles. The highest BCUT2D eigenvalue weighted by atomic mass is 16.6. The summed E-state index contributed by atoms with van der Waals surface area (Å²) in [6, 6.07) is 14.0. The molecule has 1 spiro atoms. The molecule has 1 aliphatic carbocycles. The topological polar surface area (TPSA) is 72.7 Å². The number of benzene rings is 2. The number of carbonyl (C=O) groups is 1. The number of Topliss-reactive ketones (excluding diaryl/α,β-unsaturated/α-hetero) is 1. The summed E-state index contributed by atoms with van der Waals surface area (Å²) in [4.78, 5) is 23.4. The lowest BCUT2D eigenvalue weighted by Crippen LogP contribution is -2.40. The molecule has 1 fully saturated rings. The van der Waals surface area contributed by atoms with Crippen LogP contribution in [0, 0.1) is 10.1 Å². The lowest BCUT2D eigenvalue weighted by Gasteiger charge is -2.35. The van der Waals surface area contributed by atoms with Crippen LogP contribution in [-0.4, -0.2) is 16.3 Å². The number of non-ortho nitro benzene ring substituents is 1. The second-order valence-electron chi connectivity index (χ2n) is 7.17. The van der Waals surface area contributed by atoms with Crippen molar-refractivity contribution in [1.82, 2.24) is 0 Å². The minimum atomic E-state index is -0.839. The van der Waals surface area contributed by atoms with Crippen LogP contribution in [-0.2, 0) is 10.2 Å². The molecule has 1 saturated heterocycles. The maximum atomic E-state index is 13.0. The average Bonchev–Trinajstić information content (AvgIpc) is 3.27. The van der Waals surface area contributed by atoms with Crippen molar-refractivity contribution in [2.45, 2.75) is 37.4 Å². The van der Waals surface area contributed by atoms with Crippen molar-refractivity contribution < 1.29 is 14.5 Å². The zero-order valence-corrected chi connectivity index (χ0v) is 13.5. The van der Waals surface area contributed by atoms with Crippen LogP contribution in [0.4, 0.5) is 5.69 Å². The van der Waals surface area contributed by atoms with Crippen LogP contribution >= 0.6 is 0 Å². The predicted octanol–water partition coefficient (Wildman–Crippen LogP) is 3.97. The fraction of sp³-hybridized carbons (Fsp3) is 0.316. The molecule has 0 N–H and O–H groups in total. The Balaban J connectivity index is 1.71. The molecule has 4 rings (SSSR count). The van der Waals surface area contributed by atoms with Crippen LogP contribution in [0.15, 0.2) is 48.5 Å². The molecule has 0 amide bonds. The van der Waals surface area contributed by atoms with Crippen LogP contribution in [0.5, 0.6) is 0 Å². The van der Waals surface area contributed by atoms with E-state index < -0.39 is 10.5 Å². The summed E-state index contributed by atoms with van der Waals surface area (Å²) in [5, 5.41) is 10.8. The van der Waals surface area contributed by atoms with Gasteiger partial charge in [-0.2, -0.15) is 0 Å². The number of nitro groups is 1. The Hall–Kier alpha value is -2.53. The molecule has 5 heteroatoms. The summed E-state index contributed by atoms with van der Waals surface area (Å²) in [6.45, 7) is 4.24. The minimum Gasteiger partial charge on any atom is -0.352 e. The van der Waals surface area contributed by atoms with Gasteiger partial charge < -0.3 is 4.74 Å². The lowest BCUT2D eigenvalue weighted by atomic mass is 9.66. The fourth-order valence-electron chi connectivity index (χ4n) is 3.92. The summed E-state index contributed by atoms with van der Waals surface area (Å²) in [5.41, 5.74) is 1.61. The monoisotopic (exact) mass is 323 g/mol. The number of epoxide rings is 1. The van der Waals surface area contributed by atoms with E-state index in [4.69, 9.17) is 4.74 Å². The zero-order valence-electron chi connectivity index (χ0n) is 13.5. The Labute approximate surface area is 139 Å². The molecule has 0 saturated carbocycles. The highest BCUT2D eigenvalue weighted by Gasteiger charge is 2.66. The van der Waals surface area contributed by atoms with Gasteiger partial charge in [-0.05, 0) is 35.1 Å². The Morgan fingerprint density at radius 2 is 1.79 bits per heavy atom. The number of fused-ring (bicyclic) bond motifs is 1. The first kappa shape index (κ1) is 15.0. The molecular weight excluding hydrogens is 306 g/mol. The molecule has 24 heavy (non-hydrogen) atoms. The first-order chi connectivity index (χ1) is 11.3. The quantitative estimate of drug-likeness (QED) is 0.476. The van der Waals surface area contributed by atoms with E-state index in [0.29, 0.717) is 6.42 Å². The number of hydrogen-bond donors (Lipinski definition) is 0. The van der Waals surface area contributed by atoms with Crippen LogP contribution in [0.2, 0.25) is 0 Å². The molecule has 1 aliphatic heterocycles. The molecule has 5 nitrogen and oxygen atoms in total. The van der Waals surface area contributed by atoms with Gasteiger partial charge in [-0.3, -0.25) is 14.9 Å². The largest absolute Gasteiger partial charge is 0.352 e. The van der Waals surface area contributed by atoms with Crippen LogP contribution in [0.1, 0.15) is 47.9 Å². The second kappa shape index (κ2) is 4.74. The molecule has 0 radical (unpaired) electrons. The van der Waals surface area contributed by atoms with E-state index in [1.54, 1.807) is 12.1 Å². The van der Waals surface area contributed by atoms with E-state index in [-0.39, 0.29) is 23.0 Å². The molecule has 0 unspecified atom stereocenters. The first-order valence-electron chi connectivity index (χ1n) is 7.92. The van der Waals surface area contributed by atoms with Gasteiger partial charge in [0.25, 0.3) is 5.69 Å². The van der Waals surface area contributed by atoms with Crippen molar-refractivity contribution in [2.24, 2.45) is 0 Å². The van der Waals surface area contributed by atoms with Crippen LogP contribution in [0.25, 0.3) is 0 Å². The van der Waals surface area contributed by atoms with Crippen LogP contribution < -0.4 is 0 Å². The smallest absolute Gasteiger partial charge is 0.269 e. The molecule has 2 aliphatic rings. The molecule has 0 aromatic heterocycles. The maximum absolute atomic E-state index is 13.0. The van der Waals surface area contributed by atoms with E-state index in [2.05, 4.69) is 13.8 Å². The minimum absolute atomic E-state index is 0.0146. The van der Waals surface area contributed by atoms with Crippen molar-refractivity contribution in [3.8, 4) is 0 Å². The number of carbonyl (C=O) groups excluding carboxylic acids is 1. The van der Waals surface area contributed by atoms with Gasteiger partial charge in [0.15, 0.2) is 11.4 Å². The third-order valence-corrected chi connectivity index (χ3v) is 5.09. The Bertz CT molecular complexity index is 856. The van der Waals surface area contributed by atoms with E-state index in [9.17, 15) is 14.9 Å². The zero-order chi connectivity index (χ0) is 17.1. The van der Waals surface area contributed by atoms with Crippen molar-refractivity contribution in [3.63, 3.8) is 0 Å². The summed E-state index contributed by atoms with van der Waals surface area (Å²) in [5.74, 6) is 0.0146. The van der Waals surface area contributed by atoms with Gasteiger partial charge in [0.1, 0.15) is 6.10 Å². The maximum Gasteiger partial charge on any atom is 0.269 e. The molecule has 2 aromatic rings. The second-order valence-corrected chi connectivity index (χ2v) is 7.17. The van der Waals surface area contributed by atoms with Gasteiger partial charge in [-0.1, -0.05) is 38.1 Å². The molecule has 0 bridgehead atoms. The van der Waals surface area contributed by atoms with E-state index >= 15 is 0 Å². The van der Waals surface area contributed by atoms with Crippen LogP contribution in [0.3, 0.4) is 0 Å². The third kappa shape index (κ3) is 2.01. The number of rotatable bonds is 2. The SMILES string of the molecule is CC1(C)C[C@]2(O[C@@H]2c2ccc([N+](=O)[O-])cc2)C(=O)c2ccccc21. The standard InChI is InChI=1S/C19H17NO4/c1-18(2)11-19(16(21)14-5-3-4-6-15(14)18)17(24-19)12-7-9-13(10-8-12)20(22)23/h3-10,17H,11H2,1-2H3/t17-,19+/m1/s1. The normalized spacial score (nSPS) is 26.9. The van der Waals surface area contributed by atoms with Gasteiger partial charge >= 0.3 is 0 Å². The summed E-state index contributed by atoms with van der Waals surface area (Å²) >= 11 is 0. The van der Waals surface area contributed by atoms with Gasteiger partial charge in [-0.25, -0.2) is 0 Å². The molecular formula is C19H17NO4. The Morgan fingerprint density at radius 3 is 2.46 bits per heavy atom. The van der Waals surface area contributed by atoms with Crippen molar-refractivity contribution in [1.29, 1.82) is 0 Å². The van der Waals surface area contributed by atoms with Crippen molar-refractivity contribution in [3.05, 3.63) is 75.3 Å². The van der Waals surface area contributed by atoms with E-state index in [1.807, 2.05) is 24.3 Å². The van der Waals surface area contributed by atoms with Gasteiger partial charge in [0, 0.05) is 17.7 Å². The Morgan fingerprint density at radius 1 is 1.12 bits per heavy atom. The fourth-order valence-corrected chi connectivity index (χ4v) is 3.92. The summed E-state index contributed by atoms with van der Waals surface area (Å²) < 4.78 is 5.92. The molecule has 2 atom stereocenters. The van der Waals surface area contributed by atoms with Gasteiger partial charge in [0.2, 0.25) is 0 Å². The number of ether oxygens (including phenoxy) is 1. The number of hydrogen-bond acceptors (Lipinski definition) is 4. The predicted molar refractivity (Wildman–Crippen MR) is 88.1 cm³/mol. The summed E-state index contributed by atoms with van der Waals surface area (Å²) in [7, 11) is 0. The average molecular weight is 323 g/mol. The van der Waals surface area contributed by atoms with Crippen molar-refractivity contribution >= 4 is 11.5 Å². The lowest BCUT2D eigenvalue weighted by molar-refractivity contribution is -0.384. The highest BCUT2D eigenvalue weighted by Crippen LogP contribution is 2.60. The molecule has 122 valence electrons. The molecule has 1 heterocycles.